The zero-order valence-electron chi connectivity index (χ0n) is 14.0. The molecule has 0 spiro atoms. The van der Waals surface area contributed by atoms with Gasteiger partial charge in [0.25, 0.3) is 5.91 Å². The van der Waals surface area contributed by atoms with E-state index in [2.05, 4.69) is 15.2 Å². The molecule has 6 heteroatoms. The zero-order valence-corrected chi connectivity index (χ0v) is 14.0. The van der Waals surface area contributed by atoms with Crippen LogP contribution in [0.1, 0.15) is 40.5 Å². The lowest BCUT2D eigenvalue weighted by molar-refractivity contribution is 0.0732. The fraction of sp³-hybridized carbons (Fsp3) is 0.263. The van der Waals surface area contributed by atoms with Crippen LogP contribution in [-0.2, 0) is 0 Å². The van der Waals surface area contributed by atoms with Gasteiger partial charge in [-0.05, 0) is 55.7 Å². The van der Waals surface area contributed by atoms with Crippen molar-refractivity contribution in [3.63, 3.8) is 0 Å². The molecule has 0 aliphatic carbocycles. The summed E-state index contributed by atoms with van der Waals surface area (Å²) in [6.07, 6.45) is 3.61. The summed E-state index contributed by atoms with van der Waals surface area (Å²) in [7, 11) is 0. The number of nitrogens with zero attached hydrogens (tertiary/aromatic N) is 4. The van der Waals surface area contributed by atoms with E-state index in [4.69, 9.17) is 5.73 Å². The highest BCUT2D eigenvalue weighted by atomic mass is 16.2. The van der Waals surface area contributed by atoms with E-state index in [-0.39, 0.29) is 11.9 Å². The van der Waals surface area contributed by atoms with Gasteiger partial charge in [0.1, 0.15) is 5.82 Å². The van der Waals surface area contributed by atoms with Gasteiger partial charge in [0, 0.05) is 23.7 Å². The number of nitrogen functional groups attached to an aromatic ring is 1. The van der Waals surface area contributed by atoms with Gasteiger partial charge in [-0.25, -0.2) is 0 Å². The van der Waals surface area contributed by atoms with E-state index in [1.54, 1.807) is 12.3 Å². The summed E-state index contributed by atoms with van der Waals surface area (Å²) in [5, 5.41) is 9.08. The summed E-state index contributed by atoms with van der Waals surface area (Å²) in [4.78, 5) is 19.4. The van der Waals surface area contributed by atoms with E-state index >= 15 is 0 Å². The minimum absolute atomic E-state index is 0.0231. The van der Waals surface area contributed by atoms with Crippen LogP contribution in [0.2, 0.25) is 0 Å². The molecule has 1 aliphatic heterocycles. The van der Waals surface area contributed by atoms with Gasteiger partial charge in [-0.1, -0.05) is 6.07 Å². The first-order valence-corrected chi connectivity index (χ1v) is 8.39. The number of carbonyl (C=O) groups excluding carboxylic acids is 1. The summed E-state index contributed by atoms with van der Waals surface area (Å²) in [5.41, 5.74) is 9.04. The highest BCUT2D eigenvalue weighted by Crippen LogP contribution is 2.32. The minimum Gasteiger partial charge on any atom is -0.382 e. The van der Waals surface area contributed by atoms with Crippen LogP contribution in [0.3, 0.4) is 0 Å². The van der Waals surface area contributed by atoms with Crippen molar-refractivity contribution in [1.82, 2.24) is 20.1 Å². The van der Waals surface area contributed by atoms with Crippen LogP contribution in [0.25, 0.3) is 10.9 Å². The number of benzene rings is 1. The lowest BCUT2D eigenvalue weighted by Crippen LogP contribution is -2.31. The molecule has 25 heavy (non-hydrogen) atoms. The molecule has 1 atom stereocenters. The molecular formula is C19H19N5O. The third kappa shape index (κ3) is 2.80. The van der Waals surface area contributed by atoms with Crippen molar-refractivity contribution >= 4 is 22.6 Å². The summed E-state index contributed by atoms with van der Waals surface area (Å²) >= 11 is 0. The van der Waals surface area contributed by atoms with Gasteiger partial charge in [0.05, 0.1) is 17.3 Å². The number of likely N-dealkylation sites (tertiary alicyclic amines) is 1. The van der Waals surface area contributed by atoms with Gasteiger partial charge in [-0.3, -0.25) is 9.78 Å². The van der Waals surface area contributed by atoms with Gasteiger partial charge >= 0.3 is 0 Å². The molecule has 3 heterocycles. The molecule has 1 aliphatic rings. The largest absolute Gasteiger partial charge is 0.382 e. The Morgan fingerprint density at radius 1 is 1.24 bits per heavy atom. The Kier molecular flexibility index (Phi) is 3.80. The van der Waals surface area contributed by atoms with Crippen molar-refractivity contribution in [2.75, 3.05) is 12.3 Å². The molecule has 1 aromatic carbocycles. The topological polar surface area (TPSA) is 85.0 Å². The molecule has 2 aromatic heterocycles. The minimum atomic E-state index is -0.0505. The average molecular weight is 333 g/mol. The molecule has 0 saturated carbocycles. The second kappa shape index (κ2) is 6.12. The van der Waals surface area contributed by atoms with Crippen molar-refractivity contribution in [2.24, 2.45) is 0 Å². The molecule has 1 fully saturated rings. The Bertz CT molecular complexity index is 938. The summed E-state index contributed by atoms with van der Waals surface area (Å²) in [6, 6.07) is 11.2. The van der Waals surface area contributed by atoms with Gasteiger partial charge < -0.3 is 10.6 Å². The first kappa shape index (κ1) is 15.5. The summed E-state index contributed by atoms with van der Waals surface area (Å²) in [5.74, 6) is 0.409. The number of nitrogens with two attached hydrogens (primary N) is 1. The van der Waals surface area contributed by atoms with Gasteiger partial charge in [0.2, 0.25) is 0 Å². The Labute approximate surface area is 145 Å². The van der Waals surface area contributed by atoms with E-state index < -0.39 is 0 Å². The first-order valence-electron chi connectivity index (χ1n) is 8.39. The molecule has 1 saturated heterocycles. The Hall–Kier alpha value is -3.02. The quantitative estimate of drug-likeness (QED) is 0.779. The first-order chi connectivity index (χ1) is 12.1. The average Bonchev–Trinajstić information content (AvgIpc) is 3.11. The van der Waals surface area contributed by atoms with Gasteiger partial charge in [-0.15, -0.1) is 5.10 Å². The molecule has 126 valence electrons. The Morgan fingerprint density at radius 3 is 2.92 bits per heavy atom. The van der Waals surface area contributed by atoms with Gasteiger partial charge in [0.15, 0.2) is 0 Å². The van der Waals surface area contributed by atoms with Crippen LogP contribution < -0.4 is 5.73 Å². The smallest absolute Gasteiger partial charge is 0.254 e. The normalized spacial score (nSPS) is 17.2. The molecule has 0 radical (unpaired) electrons. The predicted octanol–water partition coefficient (Wildman–Crippen LogP) is 2.89. The molecule has 1 unspecified atom stereocenters. The number of amides is 1. The van der Waals surface area contributed by atoms with Crippen LogP contribution in [-0.4, -0.2) is 32.5 Å². The third-order valence-electron chi connectivity index (χ3n) is 4.70. The second-order valence-corrected chi connectivity index (χ2v) is 6.41. The lowest BCUT2D eigenvalue weighted by atomic mass is 10.0. The molecule has 2 N–H and O–H groups in total. The van der Waals surface area contributed by atoms with Crippen LogP contribution >= 0.6 is 0 Å². The molecule has 1 amide bonds. The number of rotatable bonds is 2. The summed E-state index contributed by atoms with van der Waals surface area (Å²) in [6.45, 7) is 2.71. The SMILES string of the molecule is Cc1cc(C(=O)N2CCCC2c2ccc(N)nn2)cc2cccnc12. The highest BCUT2D eigenvalue weighted by Gasteiger charge is 2.32. The van der Waals surface area contributed by atoms with Crippen molar-refractivity contribution in [3.05, 3.63) is 59.4 Å². The van der Waals surface area contributed by atoms with Crippen molar-refractivity contribution in [1.29, 1.82) is 0 Å². The summed E-state index contributed by atoms with van der Waals surface area (Å²) < 4.78 is 0. The third-order valence-corrected chi connectivity index (χ3v) is 4.70. The van der Waals surface area contributed by atoms with Gasteiger partial charge in [-0.2, -0.15) is 5.10 Å². The number of aromatic nitrogens is 3. The number of pyridine rings is 1. The Morgan fingerprint density at radius 2 is 2.12 bits per heavy atom. The van der Waals surface area contributed by atoms with Crippen molar-refractivity contribution in [2.45, 2.75) is 25.8 Å². The van der Waals surface area contributed by atoms with Crippen molar-refractivity contribution < 1.29 is 4.79 Å². The Balaban J connectivity index is 1.69. The maximum absolute atomic E-state index is 13.1. The van der Waals surface area contributed by atoms with E-state index in [0.717, 1.165) is 41.5 Å². The maximum Gasteiger partial charge on any atom is 0.254 e. The van der Waals surface area contributed by atoms with E-state index in [9.17, 15) is 4.79 Å². The number of anilines is 1. The number of hydrogen-bond acceptors (Lipinski definition) is 5. The number of aryl methyl sites for hydroxylation is 1. The standard InChI is InChI=1S/C19H19N5O/c1-12-10-14(11-13-4-2-8-21-18(12)13)19(25)24-9-3-5-16(24)15-6-7-17(20)23-22-15/h2,4,6-8,10-11,16H,3,5,9H2,1H3,(H2,20,23). The maximum atomic E-state index is 13.1. The monoisotopic (exact) mass is 333 g/mol. The fourth-order valence-electron chi connectivity index (χ4n) is 3.51. The number of carbonyl (C=O) groups is 1. The predicted molar refractivity (Wildman–Crippen MR) is 95.9 cm³/mol. The van der Waals surface area contributed by atoms with E-state index in [0.29, 0.717) is 11.4 Å². The fourth-order valence-corrected chi connectivity index (χ4v) is 3.51. The lowest BCUT2D eigenvalue weighted by Gasteiger charge is -2.24. The van der Waals surface area contributed by atoms with Crippen LogP contribution in [0.5, 0.6) is 0 Å². The van der Waals surface area contributed by atoms with Crippen LogP contribution in [0.4, 0.5) is 5.82 Å². The van der Waals surface area contributed by atoms with E-state index in [1.165, 1.54) is 0 Å². The molecular weight excluding hydrogens is 314 g/mol. The van der Waals surface area contributed by atoms with Crippen LogP contribution in [0.15, 0.2) is 42.6 Å². The molecule has 6 nitrogen and oxygen atoms in total. The molecule has 0 bridgehead atoms. The second-order valence-electron chi connectivity index (χ2n) is 6.41. The number of fused-ring (bicyclic) bond motifs is 1. The van der Waals surface area contributed by atoms with E-state index in [1.807, 2.05) is 42.2 Å². The number of hydrogen-bond donors (Lipinski definition) is 1. The van der Waals surface area contributed by atoms with Crippen LogP contribution in [0, 0.1) is 6.92 Å². The molecule has 4 rings (SSSR count). The highest BCUT2D eigenvalue weighted by molar-refractivity contribution is 5.99. The molecule has 3 aromatic rings. The zero-order chi connectivity index (χ0) is 17.4. The van der Waals surface area contributed by atoms with Crippen molar-refractivity contribution in [3.8, 4) is 0 Å².